The molecule has 2 aromatic rings. The van der Waals surface area contributed by atoms with Crippen LogP contribution >= 0.6 is 11.6 Å². The highest BCUT2D eigenvalue weighted by atomic mass is 35.5. The predicted octanol–water partition coefficient (Wildman–Crippen LogP) is 1.73. The fourth-order valence-corrected chi connectivity index (χ4v) is 3.19. The smallest absolute Gasteiger partial charge is 0.256 e. The molecule has 130 valence electrons. The fraction of sp³-hybridized carbons (Fsp3) is 0.125. The van der Waals surface area contributed by atoms with Gasteiger partial charge in [-0.25, -0.2) is 18.5 Å². The number of amides is 2. The second-order valence-corrected chi connectivity index (χ2v) is 7.51. The van der Waals surface area contributed by atoms with Crippen molar-refractivity contribution in [3.8, 4) is 0 Å². The molecule has 1 heterocycles. The number of hydrogen-bond donors (Lipinski definition) is 2. The van der Waals surface area contributed by atoms with Crippen LogP contribution in [0.3, 0.4) is 0 Å². The van der Waals surface area contributed by atoms with Crippen LogP contribution in [0.1, 0.15) is 6.42 Å². The molecule has 1 aliphatic rings. The second-order valence-electron chi connectivity index (χ2n) is 5.51. The fourth-order valence-electron chi connectivity index (χ4n) is 2.55. The Morgan fingerprint density at radius 2 is 1.64 bits per heavy atom. The highest BCUT2D eigenvalue weighted by molar-refractivity contribution is 7.89. The second kappa shape index (κ2) is 6.47. The van der Waals surface area contributed by atoms with Gasteiger partial charge in [0.05, 0.1) is 17.0 Å². The summed E-state index contributed by atoms with van der Waals surface area (Å²) < 4.78 is 22.5. The van der Waals surface area contributed by atoms with Gasteiger partial charge in [0.15, 0.2) is 0 Å². The normalized spacial score (nSPS) is 17.8. The molecule has 3 rings (SSSR count). The van der Waals surface area contributed by atoms with Gasteiger partial charge in [0, 0.05) is 10.7 Å². The molecule has 1 atom stereocenters. The Morgan fingerprint density at radius 3 is 2.20 bits per heavy atom. The lowest BCUT2D eigenvalue weighted by Crippen LogP contribution is -2.34. The Labute approximate surface area is 149 Å². The quantitative estimate of drug-likeness (QED) is 0.786. The van der Waals surface area contributed by atoms with Crippen molar-refractivity contribution < 1.29 is 18.0 Å². The SMILES string of the molecule is NS(=O)(=O)c1ccc(NC2CC(=O)N(c3ccc(Cl)cc3)C2=O)cc1. The van der Waals surface area contributed by atoms with Gasteiger partial charge >= 0.3 is 0 Å². The molecule has 1 aliphatic heterocycles. The van der Waals surface area contributed by atoms with Crippen LogP contribution in [0, 0.1) is 0 Å². The van der Waals surface area contributed by atoms with Gasteiger partial charge in [-0.3, -0.25) is 9.59 Å². The molecule has 25 heavy (non-hydrogen) atoms. The summed E-state index contributed by atoms with van der Waals surface area (Å²) in [6.45, 7) is 0. The lowest BCUT2D eigenvalue weighted by Gasteiger charge is -2.16. The molecular weight excluding hydrogens is 366 g/mol. The number of carbonyl (C=O) groups excluding carboxylic acids is 2. The summed E-state index contributed by atoms with van der Waals surface area (Å²) in [5, 5.41) is 8.48. The van der Waals surface area contributed by atoms with E-state index in [-0.39, 0.29) is 23.1 Å². The molecule has 1 fully saturated rings. The average Bonchev–Trinajstić information content (AvgIpc) is 2.82. The van der Waals surface area contributed by atoms with E-state index in [2.05, 4.69) is 5.32 Å². The minimum absolute atomic E-state index is 0.00159. The van der Waals surface area contributed by atoms with Crippen molar-refractivity contribution in [3.63, 3.8) is 0 Å². The summed E-state index contributed by atoms with van der Waals surface area (Å²) in [6, 6.07) is 11.3. The van der Waals surface area contributed by atoms with Gasteiger partial charge in [-0.05, 0) is 48.5 Å². The summed E-state index contributed by atoms with van der Waals surface area (Å²) in [7, 11) is -3.78. The van der Waals surface area contributed by atoms with E-state index in [0.29, 0.717) is 16.4 Å². The van der Waals surface area contributed by atoms with Crippen molar-refractivity contribution >= 4 is 44.8 Å². The van der Waals surface area contributed by atoms with Gasteiger partial charge in [0.25, 0.3) is 5.91 Å². The van der Waals surface area contributed by atoms with Crippen molar-refractivity contribution in [3.05, 3.63) is 53.6 Å². The van der Waals surface area contributed by atoms with Gasteiger partial charge in [0.1, 0.15) is 6.04 Å². The lowest BCUT2D eigenvalue weighted by atomic mass is 10.2. The molecule has 0 radical (unpaired) electrons. The molecule has 0 aromatic heterocycles. The number of hydrogen-bond acceptors (Lipinski definition) is 5. The summed E-state index contributed by atoms with van der Waals surface area (Å²) in [6.07, 6.45) is -0.00159. The molecule has 0 bridgehead atoms. The molecule has 0 saturated carbocycles. The third kappa shape index (κ3) is 3.65. The first-order chi connectivity index (χ1) is 11.8. The monoisotopic (exact) mass is 379 g/mol. The first-order valence-electron chi connectivity index (χ1n) is 7.27. The number of primary sulfonamides is 1. The zero-order valence-electron chi connectivity index (χ0n) is 12.8. The molecule has 0 aliphatic carbocycles. The number of nitrogens with one attached hydrogen (secondary N) is 1. The maximum atomic E-state index is 12.5. The number of halogens is 1. The van der Waals surface area contributed by atoms with Crippen LogP contribution in [0.5, 0.6) is 0 Å². The molecule has 1 saturated heterocycles. The largest absolute Gasteiger partial charge is 0.373 e. The van der Waals surface area contributed by atoms with Crippen LogP contribution in [0.2, 0.25) is 5.02 Å². The molecular formula is C16H14ClN3O4S. The number of nitrogens with zero attached hydrogens (tertiary/aromatic N) is 1. The zero-order valence-corrected chi connectivity index (χ0v) is 14.4. The molecule has 9 heteroatoms. The molecule has 7 nitrogen and oxygen atoms in total. The van der Waals surface area contributed by atoms with Gasteiger partial charge in [-0.15, -0.1) is 0 Å². The van der Waals surface area contributed by atoms with E-state index in [1.807, 2.05) is 0 Å². The van der Waals surface area contributed by atoms with Crippen LogP contribution in [0.4, 0.5) is 11.4 Å². The molecule has 2 aromatic carbocycles. The van der Waals surface area contributed by atoms with Crippen LogP contribution in [0.25, 0.3) is 0 Å². The first-order valence-corrected chi connectivity index (χ1v) is 9.20. The van der Waals surface area contributed by atoms with Crippen molar-refractivity contribution in [2.24, 2.45) is 5.14 Å². The summed E-state index contributed by atoms with van der Waals surface area (Å²) >= 11 is 5.82. The Morgan fingerprint density at radius 1 is 1.04 bits per heavy atom. The van der Waals surface area contributed by atoms with E-state index in [0.717, 1.165) is 4.90 Å². The van der Waals surface area contributed by atoms with Crippen LogP contribution in [0.15, 0.2) is 53.4 Å². The Hall–Kier alpha value is -2.42. The van der Waals surface area contributed by atoms with Crippen LogP contribution in [-0.4, -0.2) is 26.3 Å². The minimum atomic E-state index is -3.78. The topological polar surface area (TPSA) is 110 Å². The van der Waals surface area contributed by atoms with Gasteiger partial charge in [0.2, 0.25) is 15.9 Å². The third-order valence-corrected chi connectivity index (χ3v) is 4.94. The van der Waals surface area contributed by atoms with E-state index in [1.54, 1.807) is 24.3 Å². The van der Waals surface area contributed by atoms with E-state index < -0.39 is 16.1 Å². The lowest BCUT2D eigenvalue weighted by molar-refractivity contribution is -0.121. The van der Waals surface area contributed by atoms with Crippen molar-refractivity contribution in [1.82, 2.24) is 0 Å². The van der Waals surface area contributed by atoms with Gasteiger partial charge in [-0.2, -0.15) is 0 Å². The minimum Gasteiger partial charge on any atom is -0.373 e. The molecule has 3 N–H and O–H groups in total. The van der Waals surface area contributed by atoms with E-state index in [1.165, 1.54) is 24.3 Å². The number of benzene rings is 2. The maximum Gasteiger partial charge on any atom is 0.256 e. The van der Waals surface area contributed by atoms with Gasteiger partial charge in [-0.1, -0.05) is 11.6 Å². The average molecular weight is 380 g/mol. The van der Waals surface area contributed by atoms with E-state index in [4.69, 9.17) is 16.7 Å². The van der Waals surface area contributed by atoms with Crippen LogP contribution in [-0.2, 0) is 19.6 Å². The first kappa shape index (κ1) is 17.4. The summed E-state index contributed by atoms with van der Waals surface area (Å²) in [4.78, 5) is 25.8. The summed E-state index contributed by atoms with van der Waals surface area (Å²) in [5.41, 5.74) is 0.963. The molecule has 0 spiro atoms. The molecule has 2 amide bonds. The number of sulfonamides is 1. The highest BCUT2D eigenvalue weighted by Crippen LogP contribution is 2.26. The number of carbonyl (C=O) groups is 2. The molecule has 1 unspecified atom stereocenters. The Kier molecular flexibility index (Phi) is 4.51. The zero-order chi connectivity index (χ0) is 18.2. The third-order valence-electron chi connectivity index (χ3n) is 3.76. The van der Waals surface area contributed by atoms with Crippen molar-refractivity contribution in [2.45, 2.75) is 17.4 Å². The Balaban J connectivity index is 1.77. The maximum absolute atomic E-state index is 12.5. The van der Waals surface area contributed by atoms with E-state index >= 15 is 0 Å². The van der Waals surface area contributed by atoms with E-state index in [9.17, 15) is 18.0 Å². The van der Waals surface area contributed by atoms with Crippen molar-refractivity contribution in [1.29, 1.82) is 0 Å². The summed E-state index contributed by atoms with van der Waals surface area (Å²) in [5.74, 6) is -0.714. The number of anilines is 2. The van der Waals surface area contributed by atoms with Gasteiger partial charge < -0.3 is 5.32 Å². The standard InChI is InChI=1S/C16H14ClN3O4S/c17-10-1-5-12(6-2-10)20-15(21)9-14(16(20)22)19-11-3-7-13(8-4-11)25(18,23)24/h1-8,14,19H,9H2,(H2,18,23,24). The van der Waals surface area contributed by atoms with Crippen molar-refractivity contribution in [2.75, 3.05) is 10.2 Å². The highest BCUT2D eigenvalue weighted by Gasteiger charge is 2.39. The Bertz CT molecular complexity index is 927. The number of nitrogens with two attached hydrogens (primary N) is 1. The number of rotatable bonds is 4. The van der Waals surface area contributed by atoms with Crippen LogP contribution < -0.4 is 15.4 Å². The number of imide groups is 1. The predicted molar refractivity (Wildman–Crippen MR) is 93.8 cm³/mol.